The molecule has 0 unspecified atom stereocenters. The van der Waals surface area contributed by atoms with Crippen molar-refractivity contribution in [3.05, 3.63) is 24.4 Å². The third kappa shape index (κ3) is 1.89. The molecular formula is C14H13N3O3. The summed E-state index contributed by atoms with van der Waals surface area (Å²) < 4.78 is 10.7. The van der Waals surface area contributed by atoms with Crippen LogP contribution in [0.4, 0.5) is 5.82 Å². The molecule has 2 N–H and O–H groups in total. The summed E-state index contributed by atoms with van der Waals surface area (Å²) in [5.74, 6) is 2.28. The molecule has 1 aromatic carbocycles. The van der Waals surface area contributed by atoms with Crippen molar-refractivity contribution in [3.8, 4) is 22.6 Å². The molecule has 2 aliphatic rings. The lowest BCUT2D eigenvalue weighted by Crippen LogP contribution is -2.14. The van der Waals surface area contributed by atoms with Gasteiger partial charge in [0.1, 0.15) is 5.82 Å². The Balaban J connectivity index is 1.65. The summed E-state index contributed by atoms with van der Waals surface area (Å²) in [6.45, 7) is 0.245. The summed E-state index contributed by atoms with van der Waals surface area (Å²) in [7, 11) is 0. The maximum absolute atomic E-state index is 11.8. The first-order chi connectivity index (χ1) is 9.81. The lowest BCUT2D eigenvalue weighted by Gasteiger charge is -2.06. The number of H-pyrrole nitrogens is 1. The van der Waals surface area contributed by atoms with E-state index < -0.39 is 0 Å². The van der Waals surface area contributed by atoms with Crippen LogP contribution in [0.2, 0.25) is 0 Å². The van der Waals surface area contributed by atoms with Crippen LogP contribution < -0.4 is 14.8 Å². The maximum atomic E-state index is 11.8. The minimum Gasteiger partial charge on any atom is -0.454 e. The number of aromatic nitrogens is 2. The monoisotopic (exact) mass is 271 g/mol. The van der Waals surface area contributed by atoms with Crippen LogP contribution in [0.5, 0.6) is 11.5 Å². The second kappa shape index (κ2) is 4.26. The third-order valence-corrected chi connectivity index (χ3v) is 3.52. The predicted octanol–water partition coefficient (Wildman–Crippen LogP) is 2.15. The van der Waals surface area contributed by atoms with Gasteiger partial charge in [-0.15, -0.1) is 0 Å². The zero-order valence-electron chi connectivity index (χ0n) is 10.7. The van der Waals surface area contributed by atoms with E-state index in [4.69, 9.17) is 9.47 Å². The van der Waals surface area contributed by atoms with Gasteiger partial charge in [0.05, 0.1) is 6.20 Å². The highest BCUT2D eigenvalue weighted by Crippen LogP contribution is 2.38. The predicted molar refractivity (Wildman–Crippen MR) is 71.5 cm³/mol. The van der Waals surface area contributed by atoms with Crippen molar-refractivity contribution >= 4 is 11.7 Å². The van der Waals surface area contributed by atoms with Crippen LogP contribution >= 0.6 is 0 Å². The van der Waals surface area contributed by atoms with Crippen molar-refractivity contribution in [1.29, 1.82) is 0 Å². The van der Waals surface area contributed by atoms with Crippen LogP contribution in [0.1, 0.15) is 12.8 Å². The molecule has 102 valence electrons. The van der Waals surface area contributed by atoms with E-state index in [2.05, 4.69) is 15.5 Å². The fraction of sp³-hybridized carbons (Fsp3) is 0.286. The van der Waals surface area contributed by atoms with Gasteiger partial charge in [-0.2, -0.15) is 5.10 Å². The van der Waals surface area contributed by atoms with Gasteiger partial charge in [0, 0.05) is 11.5 Å². The molecule has 1 aliphatic carbocycles. The van der Waals surface area contributed by atoms with Crippen LogP contribution in [0, 0.1) is 5.92 Å². The number of anilines is 1. The smallest absolute Gasteiger partial charge is 0.231 e. The Bertz CT molecular complexity index is 676. The van der Waals surface area contributed by atoms with Crippen molar-refractivity contribution in [2.45, 2.75) is 12.8 Å². The molecule has 0 saturated heterocycles. The topological polar surface area (TPSA) is 76.2 Å². The molecule has 4 rings (SSSR count). The fourth-order valence-electron chi connectivity index (χ4n) is 2.24. The summed E-state index contributed by atoms with van der Waals surface area (Å²) in [5, 5.41) is 9.73. The van der Waals surface area contributed by atoms with E-state index in [1.54, 1.807) is 6.20 Å². The number of nitrogens with zero attached hydrogens (tertiary/aromatic N) is 1. The molecule has 0 bridgehead atoms. The second-order valence-electron chi connectivity index (χ2n) is 4.99. The number of rotatable bonds is 3. The van der Waals surface area contributed by atoms with Gasteiger partial charge in [-0.3, -0.25) is 9.89 Å². The Hall–Kier alpha value is -2.50. The van der Waals surface area contributed by atoms with Crippen LogP contribution in [0.15, 0.2) is 24.4 Å². The maximum Gasteiger partial charge on any atom is 0.231 e. The number of ether oxygens (including phenoxy) is 2. The molecule has 0 radical (unpaired) electrons. The summed E-state index contributed by atoms with van der Waals surface area (Å²) in [6, 6.07) is 5.67. The van der Waals surface area contributed by atoms with Gasteiger partial charge >= 0.3 is 0 Å². The number of amides is 1. The summed E-state index contributed by atoms with van der Waals surface area (Å²) in [6.07, 6.45) is 3.64. The molecule has 0 atom stereocenters. The minimum atomic E-state index is 0.0521. The van der Waals surface area contributed by atoms with Gasteiger partial charge in [-0.25, -0.2) is 0 Å². The molecule has 1 aliphatic heterocycles. The van der Waals surface area contributed by atoms with Crippen molar-refractivity contribution in [1.82, 2.24) is 10.2 Å². The molecule has 2 heterocycles. The lowest BCUT2D eigenvalue weighted by molar-refractivity contribution is -0.117. The standard InChI is InChI=1S/C14H13N3O3/c18-14(8-1-2-8)16-13-10(6-15-17-13)9-3-4-11-12(5-9)20-7-19-11/h3-6,8H,1-2,7H2,(H2,15,16,17,18). The van der Waals surface area contributed by atoms with Crippen molar-refractivity contribution in [2.24, 2.45) is 5.92 Å². The summed E-state index contributed by atoms with van der Waals surface area (Å²) in [4.78, 5) is 11.8. The average Bonchev–Trinajstić information content (AvgIpc) is 3.04. The van der Waals surface area contributed by atoms with E-state index in [1.165, 1.54) is 0 Å². The van der Waals surface area contributed by atoms with Gasteiger partial charge in [0.2, 0.25) is 12.7 Å². The molecule has 2 aromatic rings. The van der Waals surface area contributed by atoms with Crippen molar-refractivity contribution in [2.75, 3.05) is 12.1 Å². The zero-order valence-corrected chi connectivity index (χ0v) is 10.7. The van der Waals surface area contributed by atoms with Crippen LogP contribution in [-0.4, -0.2) is 22.9 Å². The SMILES string of the molecule is O=C(Nc1[nH]ncc1-c1ccc2c(c1)OCO2)C1CC1. The van der Waals surface area contributed by atoms with Crippen LogP contribution in [0.3, 0.4) is 0 Å². The number of aromatic amines is 1. The van der Waals surface area contributed by atoms with E-state index >= 15 is 0 Å². The highest BCUT2D eigenvalue weighted by Gasteiger charge is 2.30. The van der Waals surface area contributed by atoms with E-state index in [0.717, 1.165) is 29.7 Å². The van der Waals surface area contributed by atoms with Crippen molar-refractivity contribution in [3.63, 3.8) is 0 Å². The Kier molecular flexibility index (Phi) is 2.42. The van der Waals surface area contributed by atoms with Gasteiger partial charge in [0.15, 0.2) is 11.5 Å². The van der Waals surface area contributed by atoms with Gasteiger partial charge in [0.25, 0.3) is 0 Å². The molecule has 1 saturated carbocycles. The fourth-order valence-corrected chi connectivity index (χ4v) is 2.24. The third-order valence-electron chi connectivity index (χ3n) is 3.52. The molecular weight excluding hydrogens is 258 g/mol. The highest BCUT2D eigenvalue weighted by atomic mass is 16.7. The number of carbonyl (C=O) groups is 1. The second-order valence-corrected chi connectivity index (χ2v) is 4.99. The van der Waals surface area contributed by atoms with Gasteiger partial charge in [-0.1, -0.05) is 6.07 Å². The van der Waals surface area contributed by atoms with E-state index in [0.29, 0.717) is 11.6 Å². The first-order valence-corrected chi connectivity index (χ1v) is 6.55. The molecule has 1 fully saturated rings. The van der Waals surface area contributed by atoms with E-state index in [9.17, 15) is 4.79 Å². The molecule has 6 heteroatoms. The largest absolute Gasteiger partial charge is 0.454 e. The highest BCUT2D eigenvalue weighted by molar-refractivity contribution is 5.96. The number of fused-ring (bicyclic) bond motifs is 1. The van der Waals surface area contributed by atoms with Gasteiger partial charge in [-0.05, 0) is 30.5 Å². The Morgan fingerprint density at radius 2 is 2.15 bits per heavy atom. The minimum absolute atomic E-state index is 0.0521. The van der Waals surface area contributed by atoms with E-state index in [-0.39, 0.29) is 18.6 Å². The number of benzene rings is 1. The molecule has 6 nitrogen and oxygen atoms in total. The number of nitrogens with one attached hydrogen (secondary N) is 2. The number of hydrogen-bond donors (Lipinski definition) is 2. The Morgan fingerprint density at radius 3 is 3.00 bits per heavy atom. The first kappa shape index (κ1) is 11.3. The lowest BCUT2D eigenvalue weighted by atomic mass is 10.1. The summed E-state index contributed by atoms with van der Waals surface area (Å²) in [5.41, 5.74) is 1.77. The molecule has 20 heavy (non-hydrogen) atoms. The van der Waals surface area contributed by atoms with E-state index in [1.807, 2.05) is 18.2 Å². The molecule has 0 spiro atoms. The normalized spacial score (nSPS) is 16.2. The number of carbonyl (C=O) groups excluding carboxylic acids is 1. The van der Waals surface area contributed by atoms with Gasteiger partial charge < -0.3 is 14.8 Å². The number of hydrogen-bond acceptors (Lipinski definition) is 4. The van der Waals surface area contributed by atoms with Crippen LogP contribution in [0.25, 0.3) is 11.1 Å². The quantitative estimate of drug-likeness (QED) is 0.896. The summed E-state index contributed by atoms with van der Waals surface area (Å²) >= 11 is 0. The van der Waals surface area contributed by atoms with Crippen molar-refractivity contribution < 1.29 is 14.3 Å². The molecule has 1 amide bonds. The Morgan fingerprint density at radius 1 is 1.30 bits per heavy atom. The average molecular weight is 271 g/mol. The molecule has 1 aromatic heterocycles. The zero-order chi connectivity index (χ0) is 13.5. The first-order valence-electron chi connectivity index (χ1n) is 6.55. The Labute approximate surface area is 115 Å². The van der Waals surface area contributed by atoms with Crippen LogP contribution in [-0.2, 0) is 4.79 Å².